The van der Waals surface area contributed by atoms with Crippen LogP contribution in [0.25, 0.3) is 0 Å². The van der Waals surface area contributed by atoms with Crippen LogP contribution in [0.5, 0.6) is 11.5 Å². The predicted octanol–water partition coefficient (Wildman–Crippen LogP) is 3.27. The lowest BCUT2D eigenvalue weighted by atomic mass is 9.97. The average Bonchev–Trinajstić information content (AvgIpc) is 2.60. The lowest BCUT2D eigenvalue weighted by Crippen LogP contribution is -2.24. The van der Waals surface area contributed by atoms with E-state index in [0.29, 0.717) is 26.2 Å². The van der Waals surface area contributed by atoms with Gasteiger partial charge in [0, 0.05) is 13.0 Å². The first-order chi connectivity index (χ1) is 11.2. The van der Waals surface area contributed by atoms with Crippen LogP contribution in [0.3, 0.4) is 0 Å². The number of carbonyl (C=O) groups excluding carboxylic acids is 1. The summed E-state index contributed by atoms with van der Waals surface area (Å²) in [4.78, 5) is 12.1. The highest BCUT2D eigenvalue weighted by Gasteiger charge is 2.13. The van der Waals surface area contributed by atoms with Gasteiger partial charge in [-0.25, -0.2) is 0 Å². The Kier molecular flexibility index (Phi) is 4.81. The monoisotopic (exact) mass is 311 g/mol. The molecule has 1 N–H and O–H groups in total. The minimum atomic E-state index is 0.0521. The Morgan fingerprint density at radius 3 is 2.61 bits per heavy atom. The first-order valence-electron chi connectivity index (χ1n) is 7.92. The summed E-state index contributed by atoms with van der Waals surface area (Å²) in [6.45, 7) is 3.72. The van der Waals surface area contributed by atoms with Gasteiger partial charge < -0.3 is 14.8 Å². The van der Waals surface area contributed by atoms with Gasteiger partial charge in [0.2, 0.25) is 5.91 Å². The van der Waals surface area contributed by atoms with Crippen LogP contribution in [-0.4, -0.2) is 19.1 Å². The second-order valence-electron chi connectivity index (χ2n) is 5.77. The SMILES string of the molecule is CC(CC(=O)NCc1ccc2c(c1)OCCO2)c1ccccc1. The number of hydrogen-bond donors (Lipinski definition) is 1. The van der Waals surface area contributed by atoms with E-state index in [1.807, 2.05) is 36.4 Å². The Bertz CT molecular complexity index is 670. The quantitative estimate of drug-likeness (QED) is 0.922. The summed E-state index contributed by atoms with van der Waals surface area (Å²) < 4.78 is 11.0. The van der Waals surface area contributed by atoms with Crippen LogP contribution in [0.2, 0.25) is 0 Å². The molecule has 0 fully saturated rings. The molecule has 0 spiro atoms. The van der Waals surface area contributed by atoms with E-state index < -0.39 is 0 Å². The van der Waals surface area contributed by atoms with Crippen LogP contribution >= 0.6 is 0 Å². The van der Waals surface area contributed by atoms with Crippen LogP contribution in [0.1, 0.15) is 30.4 Å². The topological polar surface area (TPSA) is 47.6 Å². The zero-order chi connectivity index (χ0) is 16.1. The van der Waals surface area contributed by atoms with Crippen molar-refractivity contribution in [3.63, 3.8) is 0 Å². The van der Waals surface area contributed by atoms with Gasteiger partial charge in [0.15, 0.2) is 11.5 Å². The molecule has 0 saturated carbocycles. The Morgan fingerprint density at radius 2 is 1.83 bits per heavy atom. The van der Waals surface area contributed by atoms with Gasteiger partial charge in [-0.1, -0.05) is 43.3 Å². The fourth-order valence-electron chi connectivity index (χ4n) is 2.65. The molecule has 2 aromatic rings. The number of fused-ring (bicyclic) bond motifs is 1. The van der Waals surface area contributed by atoms with Crippen molar-refractivity contribution in [1.29, 1.82) is 0 Å². The molecule has 1 heterocycles. The van der Waals surface area contributed by atoms with Crippen molar-refractivity contribution in [2.45, 2.75) is 25.8 Å². The number of amides is 1. The zero-order valence-electron chi connectivity index (χ0n) is 13.2. The van der Waals surface area contributed by atoms with Gasteiger partial charge in [-0.05, 0) is 29.2 Å². The number of ether oxygens (including phenoxy) is 2. The first kappa shape index (κ1) is 15.4. The molecule has 0 aliphatic carbocycles. The maximum Gasteiger partial charge on any atom is 0.220 e. The number of benzene rings is 2. The van der Waals surface area contributed by atoms with E-state index in [4.69, 9.17) is 9.47 Å². The Balaban J connectivity index is 1.53. The van der Waals surface area contributed by atoms with E-state index in [1.54, 1.807) is 0 Å². The summed E-state index contributed by atoms with van der Waals surface area (Å²) in [6.07, 6.45) is 0.481. The smallest absolute Gasteiger partial charge is 0.220 e. The van der Waals surface area contributed by atoms with E-state index in [1.165, 1.54) is 5.56 Å². The van der Waals surface area contributed by atoms with Crippen molar-refractivity contribution >= 4 is 5.91 Å². The molecule has 4 heteroatoms. The molecule has 2 aromatic carbocycles. The molecular formula is C19H21NO3. The number of nitrogens with one attached hydrogen (secondary N) is 1. The van der Waals surface area contributed by atoms with E-state index in [0.717, 1.165) is 17.1 Å². The maximum atomic E-state index is 12.1. The molecular weight excluding hydrogens is 290 g/mol. The Labute approximate surface area is 136 Å². The lowest BCUT2D eigenvalue weighted by Gasteiger charge is -2.19. The van der Waals surface area contributed by atoms with Gasteiger partial charge in [-0.2, -0.15) is 0 Å². The third-order valence-corrected chi connectivity index (χ3v) is 3.96. The lowest BCUT2D eigenvalue weighted by molar-refractivity contribution is -0.121. The maximum absolute atomic E-state index is 12.1. The fourth-order valence-corrected chi connectivity index (χ4v) is 2.65. The number of rotatable bonds is 5. The molecule has 120 valence electrons. The van der Waals surface area contributed by atoms with Crippen LogP contribution < -0.4 is 14.8 Å². The van der Waals surface area contributed by atoms with Crippen molar-refractivity contribution in [1.82, 2.24) is 5.32 Å². The average molecular weight is 311 g/mol. The normalized spacial score (nSPS) is 14.1. The predicted molar refractivity (Wildman–Crippen MR) is 88.8 cm³/mol. The summed E-state index contributed by atoms with van der Waals surface area (Å²) in [5.74, 6) is 1.78. The second-order valence-corrected chi connectivity index (χ2v) is 5.77. The summed E-state index contributed by atoms with van der Waals surface area (Å²) in [6, 6.07) is 15.9. The van der Waals surface area contributed by atoms with E-state index in [9.17, 15) is 4.79 Å². The van der Waals surface area contributed by atoms with E-state index in [2.05, 4.69) is 24.4 Å². The second kappa shape index (κ2) is 7.18. The standard InChI is InChI=1S/C19H21NO3/c1-14(16-5-3-2-4-6-16)11-19(21)20-13-15-7-8-17-18(12-15)23-10-9-22-17/h2-8,12,14H,9-11,13H2,1H3,(H,20,21). The molecule has 1 unspecified atom stereocenters. The first-order valence-corrected chi connectivity index (χ1v) is 7.92. The van der Waals surface area contributed by atoms with Crippen molar-refractivity contribution in [3.05, 3.63) is 59.7 Å². The highest BCUT2D eigenvalue weighted by atomic mass is 16.6. The van der Waals surface area contributed by atoms with Crippen molar-refractivity contribution in [3.8, 4) is 11.5 Å². The molecule has 0 saturated heterocycles. The third-order valence-electron chi connectivity index (χ3n) is 3.96. The third kappa shape index (κ3) is 4.03. The molecule has 1 aliphatic heterocycles. The minimum Gasteiger partial charge on any atom is -0.486 e. The highest BCUT2D eigenvalue weighted by molar-refractivity contribution is 5.76. The fraction of sp³-hybridized carbons (Fsp3) is 0.316. The zero-order valence-corrected chi connectivity index (χ0v) is 13.2. The van der Waals surface area contributed by atoms with Crippen molar-refractivity contribution < 1.29 is 14.3 Å². The van der Waals surface area contributed by atoms with Gasteiger partial charge in [-0.3, -0.25) is 4.79 Å². The molecule has 0 bridgehead atoms. The van der Waals surface area contributed by atoms with Crippen molar-refractivity contribution in [2.75, 3.05) is 13.2 Å². The summed E-state index contributed by atoms with van der Waals surface area (Å²) in [5.41, 5.74) is 2.19. The van der Waals surface area contributed by atoms with Gasteiger partial charge in [0.25, 0.3) is 0 Å². The molecule has 0 radical (unpaired) electrons. The summed E-state index contributed by atoms with van der Waals surface area (Å²) >= 11 is 0. The van der Waals surface area contributed by atoms with Gasteiger partial charge >= 0.3 is 0 Å². The molecule has 4 nitrogen and oxygen atoms in total. The van der Waals surface area contributed by atoms with Crippen LogP contribution in [0, 0.1) is 0 Å². The van der Waals surface area contributed by atoms with Crippen LogP contribution in [0.15, 0.2) is 48.5 Å². The van der Waals surface area contributed by atoms with Crippen molar-refractivity contribution in [2.24, 2.45) is 0 Å². The summed E-state index contributed by atoms with van der Waals surface area (Å²) in [7, 11) is 0. The van der Waals surface area contributed by atoms with Gasteiger partial charge in [-0.15, -0.1) is 0 Å². The van der Waals surface area contributed by atoms with E-state index >= 15 is 0 Å². The molecule has 1 amide bonds. The molecule has 1 aliphatic rings. The molecule has 23 heavy (non-hydrogen) atoms. The Hall–Kier alpha value is -2.49. The van der Waals surface area contributed by atoms with Crippen LogP contribution in [-0.2, 0) is 11.3 Å². The van der Waals surface area contributed by atoms with Crippen LogP contribution in [0.4, 0.5) is 0 Å². The molecule has 0 aromatic heterocycles. The molecule has 1 atom stereocenters. The highest BCUT2D eigenvalue weighted by Crippen LogP contribution is 2.30. The largest absolute Gasteiger partial charge is 0.486 e. The Morgan fingerprint density at radius 1 is 1.09 bits per heavy atom. The van der Waals surface area contributed by atoms with Gasteiger partial charge in [0.1, 0.15) is 13.2 Å². The number of hydrogen-bond acceptors (Lipinski definition) is 3. The summed E-state index contributed by atoms with van der Waals surface area (Å²) in [5, 5.41) is 2.97. The van der Waals surface area contributed by atoms with E-state index in [-0.39, 0.29) is 11.8 Å². The van der Waals surface area contributed by atoms with Gasteiger partial charge in [0.05, 0.1) is 0 Å². The minimum absolute atomic E-state index is 0.0521. The number of carbonyl (C=O) groups is 1. The molecule has 3 rings (SSSR count).